The van der Waals surface area contributed by atoms with Gasteiger partial charge in [0.05, 0.1) is 12.0 Å². The molecule has 0 aliphatic carbocycles. The molecule has 0 radical (unpaired) electrons. The molecule has 3 rings (SSSR count). The molecule has 2 aliphatic heterocycles. The number of nitrogens with zero attached hydrogens (tertiary/aromatic N) is 1. The first-order chi connectivity index (χ1) is 10.1. The molecule has 21 heavy (non-hydrogen) atoms. The van der Waals surface area contributed by atoms with E-state index >= 15 is 0 Å². The Bertz CT molecular complexity index is 579. The summed E-state index contributed by atoms with van der Waals surface area (Å²) in [5.74, 6) is 0.671. The summed E-state index contributed by atoms with van der Waals surface area (Å²) >= 11 is 0. The summed E-state index contributed by atoms with van der Waals surface area (Å²) in [5.41, 5.74) is 0. The second kappa shape index (κ2) is 5.94. The number of rotatable bonds is 4. The standard InChI is InChI=1S/C15H22N2O3S/c1-20-12-6-8-13(9-7-12)21(18,19)17-11-3-5-15(17)14-4-2-10-16-14/h6-9,14-16H,2-5,10-11H2,1H3. The quantitative estimate of drug-likeness (QED) is 0.918. The molecule has 1 aromatic carbocycles. The van der Waals surface area contributed by atoms with E-state index in [9.17, 15) is 8.42 Å². The minimum Gasteiger partial charge on any atom is -0.497 e. The maximum Gasteiger partial charge on any atom is 0.243 e. The fraction of sp³-hybridized carbons (Fsp3) is 0.600. The summed E-state index contributed by atoms with van der Waals surface area (Å²) in [6.07, 6.45) is 4.10. The van der Waals surface area contributed by atoms with E-state index in [2.05, 4.69) is 5.32 Å². The highest BCUT2D eigenvalue weighted by Crippen LogP contribution is 2.30. The molecule has 1 aromatic rings. The van der Waals surface area contributed by atoms with Crippen LogP contribution >= 0.6 is 0 Å². The van der Waals surface area contributed by atoms with Gasteiger partial charge in [-0.05, 0) is 56.5 Å². The number of nitrogens with one attached hydrogen (secondary N) is 1. The second-order valence-corrected chi connectivity index (χ2v) is 7.59. The molecule has 2 unspecified atom stereocenters. The Balaban J connectivity index is 1.85. The van der Waals surface area contributed by atoms with Crippen molar-refractivity contribution in [3.8, 4) is 5.75 Å². The number of hydrogen-bond donors (Lipinski definition) is 1. The summed E-state index contributed by atoms with van der Waals surface area (Å²) < 4.78 is 32.5. The molecule has 2 saturated heterocycles. The molecule has 116 valence electrons. The minimum atomic E-state index is -3.41. The Morgan fingerprint density at radius 2 is 1.95 bits per heavy atom. The van der Waals surface area contributed by atoms with E-state index in [4.69, 9.17) is 4.74 Å². The number of benzene rings is 1. The van der Waals surface area contributed by atoms with Crippen molar-refractivity contribution >= 4 is 10.0 Å². The van der Waals surface area contributed by atoms with Gasteiger partial charge in [-0.3, -0.25) is 0 Å². The van der Waals surface area contributed by atoms with Gasteiger partial charge in [-0.1, -0.05) is 0 Å². The van der Waals surface area contributed by atoms with Gasteiger partial charge < -0.3 is 10.1 Å². The van der Waals surface area contributed by atoms with Crippen molar-refractivity contribution in [3.63, 3.8) is 0 Å². The van der Waals surface area contributed by atoms with Crippen LogP contribution in [0.15, 0.2) is 29.2 Å². The van der Waals surface area contributed by atoms with E-state index < -0.39 is 10.0 Å². The highest BCUT2D eigenvalue weighted by molar-refractivity contribution is 7.89. The molecule has 0 aromatic heterocycles. The Labute approximate surface area is 126 Å². The fourth-order valence-electron chi connectivity index (χ4n) is 3.39. The average molecular weight is 310 g/mol. The first kappa shape index (κ1) is 14.8. The third kappa shape index (κ3) is 2.80. The fourth-order valence-corrected chi connectivity index (χ4v) is 5.12. The Morgan fingerprint density at radius 3 is 2.57 bits per heavy atom. The van der Waals surface area contributed by atoms with Crippen LogP contribution in [0.3, 0.4) is 0 Å². The monoisotopic (exact) mass is 310 g/mol. The van der Waals surface area contributed by atoms with E-state index in [1.165, 1.54) is 0 Å². The van der Waals surface area contributed by atoms with Crippen molar-refractivity contribution < 1.29 is 13.2 Å². The third-order valence-corrected chi connectivity index (χ3v) is 6.42. The first-order valence-electron chi connectivity index (χ1n) is 7.52. The lowest BCUT2D eigenvalue weighted by Gasteiger charge is -2.28. The van der Waals surface area contributed by atoms with Gasteiger partial charge in [-0.15, -0.1) is 0 Å². The lowest BCUT2D eigenvalue weighted by Crippen LogP contribution is -2.46. The molecular weight excluding hydrogens is 288 g/mol. The molecule has 2 aliphatic rings. The predicted molar refractivity (Wildman–Crippen MR) is 80.9 cm³/mol. The Kier molecular flexibility index (Phi) is 4.19. The Hall–Kier alpha value is -1.11. The topological polar surface area (TPSA) is 58.6 Å². The molecule has 6 heteroatoms. The number of hydrogen-bond acceptors (Lipinski definition) is 4. The zero-order valence-corrected chi connectivity index (χ0v) is 13.1. The molecule has 2 heterocycles. The van der Waals surface area contributed by atoms with Crippen molar-refractivity contribution in [2.24, 2.45) is 0 Å². The zero-order chi connectivity index (χ0) is 14.9. The van der Waals surface area contributed by atoms with Crippen LogP contribution < -0.4 is 10.1 Å². The molecule has 2 atom stereocenters. The van der Waals surface area contributed by atoms with Crippen molar-refractivity contribution in [3.05, 3.63) is 24.3 Å². The van der Waals surface area contributed by atoms with E-state index in [1.54, 1.807) is 35.7 Å². The molecule has 1 N–H and O–H groups in total. The van der Waals surface area contributed by atoms with Crippen molar-refractivity contribution in [1.29, 1.82) is 0 Å². The normalized spacial score (nSPS) is 27.1. The van der Waals surface area contributed by atoms with E-state index in [1.807, 2.05) is 0 Å². The summed E-state index contributed by atoms with van der Waals surface area (Å²) in [5, 5.41) is 3.44. The van der Waals surface area contributed by atoms with E-state index in [0.29, 0.717) is 23.2 Å². The van der Waals surface area contributed by atoms with Crippen molar-refractivity contribution in [2.75, 3.05) is 20.2 Å². The van der Waals surface area contributed by atoms with Gasteiger partial charge in [0, 0.05) is 18.6 Å². The SMILES string of the molecule is COc1ccc(S(=O)(=O)N2CCCC2C2CCCN2)cc1. The van der Waals surface area contributed by atoms with Crippen LogP contribution in [0.4, 0.5) is 0 Å². The molecular formula is C15H22N2O3S. The Morgan fingerprint density at radius 1 is 1.19 bits per heavy atom. The van der Waals surface area contributed by atoms with Crippen LogP contribution in [0.1, 0.15) is 25.7 Å². The summed E-state index contributed by atoms with van der Waals surface area (Å²) in [6.45, 7) is 1.62. The van der Waals surface area contributed by atoms with Gasteiger partial charge in [-0.2, -0.15) is 4.31 Å². The predicted octanol–water partition coefficient (Wildman–Crippen LogP) is 1.60. The summed E-state index contributed by atoms with van der Waals surface area (Å²) in [6, 6.07) is 7.06. The van der Waals surface area contributed by atoms with E-state index in [-0.39, 0.29) is 6.04 Å². The van der Waals surface area contributed by atoms with Crippen molar-refractivity contribution in [2.45, 2.75) is 42.7 Å². The molecule has 0 saturated carbocycles. The number of sulfonamides is 1. The van der Waals surface area contributed by atoms with Gasteiger partial charge in [0.2, 0.25) is 10.0 Å². The minimum absolute atomic E-state index is 0.0969. The average Bonchev–Trinajstić information content (AvgIpc) is 3.17. The van der Waals surface area contributed by atoms with Crippen molar-refractivity contribution in [1.82, 2.24) is 9.62 Å². The molecule has 0 amide bonds. The second-order valence-electron chi connectivity index (χ2n) is 5.70. The zero-order valence-electron chi connectivity index (χ0n) is 12.3. The van der Waals surface area contributed by atoms with Crippen LogP contribution in [-0.4, -0.2) is 45.0 Å². The number of methoxy groups -OCH3 is 1. The number of ether oxygens (including phenoxy) is 1. The van der Waals surface area contributed by atoms with Crippen LogP contribution in [-0.2, 0) is 10.0 Å². The molecule has 0 spiro atoms. The maximum atomic E-state index is 12.9. The van der Waals surface area contributed by atoms with Gasteiger partial charge >= 0.3 is 0 Å². The maximum absolute atomic E-state index is 12.9. The van der Waals surface area contributed by atoms with Gasteiger partial charge in [-0.25, -0.2) is 8.42 Å². The summed E-state index contributed by atoms with van der Waals surface area (Å²) in [7, 11) is -1.84. The van der Waals surface area contributed by atoms with Gasteiger partial charge in [0.25, 0.3) is 0 Å². The molecule has 2 fully saturated rings. The van der Waals surface area contributed by atoms with E-state index in [0.717, 1.165) is 32.2 Å². The molecule has 5 nitrogen and oxygen atoms in total. The van der Waals surface area contributed by atoms with Crippen LogP contribution in [0.2, 0.25) is 0 Å². The van der Waals surface area contributed by atoms with Crippen LogP contribution in [0.25, 0.3) is 0 Å². The lowest BCUT2D eigenvalue weighted by atomic mass is 10.1. The van der Waals surface area contributed by atoms with Gasteiger partial charge in [0.15, 0.2) is 0 Å². The first-order valence-corrected chi connectivity index (χ1v) is 8.96. The summed E-state index contributed by atoms with van der Waals surface area (Å²) in [4.78, 5) is 0.355. The lowest BCUT2D eigenvalue weighted by molar-refractivity contribution is 0.322. The van der Waals surface area contributed by atoms with Gasteiger partial charge in [0.1, 0.15) is 5.75 Å². The largest absolute Gasteiger partial charge is 0.497 e. The highest BCUT2D eigenvalue weighted by Gasteiger charge is 2.40. The molecule has 0 bridgehead atoms. The smallest absolute Gasteiger partial charge is 0.243 e. The van der Waals surface area contributed by atoms with Crippen LogP contribution in [0, 0.1) is 0 Å². The third-order valence-electron chi connectivity index (χ3n) is 4.48. The highest BCUT2D eigenvalue weighted by atomic mass is 32.2. The van der Waals surface area contributed by atoms with Crippen LogP contribution in [0.5, 0.6) is 5.75 Å².